The van der Waals surface area contributed by atoms with Gasteiger partial charge in [-0.05, 0) is 60.7 Å². The molecule has 1 aliphatic rings. The Morgan fingerprint density at radius 1 is 0.912 bits per heavy atom. The molecule has 0 N–H and O–H groups in total. The molecule has 34 heavy (non-hydrogen) atoms. The number of likely N-dealkylation sites (tertiary alicyclic amines) is 1. The first-order chi connectivity index (χ1) is 16.4. The zero-order valence-corrected chi connectivity index (χ0v) is 20.2. The Morgan fingerprint density at radius 2 is 1.50 bits per heavy atom. The normalized spacial score (nSPS) is 14.7. The van der Waals surface area contributed by atoms with E-state index < -0.39 is 10.0 Å². The highest BCUT2D eigenvalue weighted by Gasteiger charge is 2.25. The van der Waals surface area contributed by atoms with Crippen molar-refractivity contribution in [1.29, 1.82) is 0 Å². The van der Waals surface area contributed by atoms with Crippen molar-refractivity contribution in [2.75, 3.05) is 31.0 Å². The summed E-state index contributed by atoms with van der Waals surface area (Å²) in [7, 11) is -2.18. The van der Waals surface area contributed by atoms with Gasteiger partial charge < -0.3 is 9.64 Å². The molecule has 0 saturated carbocycles. The van der Waals surface area contributed by atoms with Crippen molar-refractivity contribution in [2.24, 2.45) is 5.92 Å². The third kappa shape index (κ3) is 5.66. The van der Waals surface area contributed by atoms with E-state index in [9.17, 15) is 13.2 Å². The van der Waals surface area contributed by atoms with Crippen LogP contribution >= 0.6 is 0 Å². The van der Waals surface area contributed by atoms with E-state index in [0.717, 1.165) is 18.4 Å². The minimum atomic E-state index is -3.70. The van der Waals surface area contributed by atoms with Crippen LogP contribution in [0.5, 0.6) is 0 Å². The molecule has 1 fully saturated rings. The summed E-state index contributed by atoms with van der Waals surface area (Å²) in [4.78, 5) is 15.0. The van der Waals surface area contributed by atoms with Crippen molar-refractivity contribution in [3.8, 4) is 0 Å². The summed E-state index contributed by atoms with van der Waals surface area (Å²) in [5, 5.41) is 0. The molecular formula is C27H30N2O4S. The molecule has 178 valence electrons. The first kappa shape index (κ1) is 24.0. The Labute approximate surface area is 201 Å². The van der Waals surface area contributed by atoms with Gasteiger partial charge in [0.1, 0.15) is 0 Å². The van der Waals surface area contributed by atoms with Crippen molar-refractivity contribution < 1.29 is 17.9 Å². The Kier molecular flexibility index (Phi) is 7.65. The Bertz CT molecular complexity index is 1170. The SMILES string of the molecule is CN(c1ccccc1)S(=O)(=O)c1ccc(C(=O)N2CCC(COCc3ccccc3)CC2)cc1. The lowest BCUT2D eigenvalue weighted by atomic mass is 9.97. The summed E-state index contributed by atoms with van der Waals surface area (Å²) in [5.41, 5.74) is 2.24. The molecule has 0 atom stereocenters. The van der Waals surface area contributed by atoms with Crippen molar-refractivity contribution in [3.05, 3.63) is 96.1 Å². The number of amides is 1. The molecule has 1 saturated heterocycles. The molecule has 0 aliphatic carbocycles. The first-order valence-electron chi connectivity index (χ1n) is 11.5. The van der Waals surface area contributed by atoms with E-state index in [-0.39, 0.29) is 10.8 Å². The lowest BCUT2D eigenvalue weighted by molar-refractivity contribution is 0.0478. The largest absolute Gasteiger partial charge is 0.376 e. The molecule has 3 aromatic rings. The summed E-state index contributed by atoms with van der Waals surface area (Å²) >= 11 is 0. The monoisotopic (exact) mass is 478 g/mol. The highest BCUT2D eigenvalue weighted by Crippen LogP contribution is 2.24. The van der Waals surface area contributed by atoms with E-state index in [1.54, 1.807) is 36.4 Å². The van der Waals surface area contributed by atoms with Crippen LogP contribution in [-0.4, -0.2) is 46.0 Å². The number of anilines is 1. The van der Waals surface area contributed by atoms with Gasteiger partial charge in [-0.25, -0.2) is 8.42 Å². The van der Waals surface area contributed by atoms with Crippen LogP contribution < -0.4 is 4.31 Å². The minimum absolute atomic E-state index is 0.0657. The van der Waals surface area contributed by atoms with Gasteiger partial charge in [0.25, 0.3) is 15.9 Å². The Balaban J connectivity index is 1.30. The van der Waals surface area contributed by atoms with Gasteiger partial charge in [-0.1, -0.05) is 48.5 Å². The molecule has 0 unspecified atom stereocenters. The third-order valence-electron chi connectivity index (χ3n) is 6.25. The number of rotatable bonds is 8. The van der Waals surface area contributed by atoms with Crippen LogP contribution in [0.3, 0.4) is 0 Å². The van der Waals surface area contributed by atoms with E-state index in [0.29, 0.717) is 43.5 Å². The van der Waals surface area contributed by atoms with E-state index in [1.807, 2.05) is 29.2 Å². The maximum Gasteiger partial charge on any atom is 0.264 e. The van der Waals surface area contributed by atoms with Crippen LogP contribution in [0.15, 0.2) is 89.8 Å². The zero-order valence-electron chi connectivity index (χ0n) is 19.3. The van der Waals surface area contributed by atoms with Gasteiger partial charge in [0.15, 0.2) is 0 Å². The smallest absolute Gasteiger partial charge is 0.264 e. The van der Waals surface area contributed by atoms with Gasteiger partial charge in [0.05, 0.1) is 17.2 Å². The molecule has 0 spiro atoms. The highest BCUT2D eigenvalue weighted by atomic mass is 32.2. The number of carbonyl (C=O) groups is 1. The summed E-state index contributed by atoms with van der Waals surface area (Å²) in [6.07, 6.45) is 1.80. The third-order valence-corrected chi connectivity index (χ3v) is 8.05. The van der Waals surface area contributed by atoms with Gasteiger partial charge >= 0.3 is 0 Å². The number of hydrogen-bond acceptors (Lipinski definition) is 4. The van der Waals surface area contributed by atoms with Crippen molar-refractivity contribution in [3.63, 3.8) is 0 Å². The van der Waals surface area contributed by atoms with Crippen LogP contribution in [-0.2, 0) is 21.4 Å². The van der Waals surface area contributed by atoms with Gasteiger partial charge in [-0.15, -0.1) is 0 Å². The number of piperidine rings is 1. The fraction of sp³-hybridized carbons (Fsp3) is 0.296. The molecule has 0 aromatic heterocycles. The number of benzene rings is 3. The molecule has 1 aliphatic heterocycles. The number of nitrogens with zero attached hydrogens (tertiary/aromatic N) is 2. The highest BCUT2D eigenvalue weighted by molar-refractivity contribution is 7.92. The second-order valence-electron chi connectivity index (χ2n) is 8.57. The molecule has 0 bridgehead atoms. The summed E-state index contributed by atoms with van der Waals surface area (Å²) < 4.78 is 33.0. The van der Waals surface area contributed by atoms with Gasteiger partial charge in [0.2, 0.25) is 0 Å². The summed E-state index contributed by atoms with van der Waals surface area (Å²) in [6.45, 7) is 2.65. The molecular weight excluding hydrogens is 448 g/mol. The molecule has 7 heteroatoms. The maximum atomic E-state index is 13.0. The van der Waals surface area contributed by atoms with Gasteiger partial charge in [-0.2, -0.15) is 0 Å². The second kappa shape index (κ2) is 10.8. The van der Waals surface area contributed by atoms with Gasteiger partial charge in [-0.3, -0.25) is 9.10 Å². The lowest BCUT2D eigenvalue weighted by Gasteiger charge is -2.32. The van der Waals surface area contributed by atoms with Crippen molar-refractivity contribution in [1.82, 2.24) is 4.90 Å². The molecule has 3 aromatic carbocycles. The number of sulfonamides is 1. The van der Waals surface area contributed by atoms with Crippen LogP contribution in [0.2, 0.25) is 0 Å². The quantitative estimate of drug-likeness (QED) is 0.475. The molecule has 1 heterocycles. The average Bonchev–Trinajstić information content (AvgIpc) is 2.89. The molecule has 1 amide bonds. The molecule has 6 nitrogen and oxygen atoms in total. The van der Waals surface area contributed by atoms with Crippen LogP contribution in [0.1, 0.15) is 28.8 Å². The minimum Gasteiger partial charge on any atom is -0.376 e. The number of carbonyl (C=O) groups excluding carboxylic acids is 1. The second-order valence-corrected chi connectivity index (χ2v) is 10.5. The van der Waals surface area contributed by atoms with Crippen LogP contribution in [0.25, 0.3) is 0 Å². The fourth-order valence-electron chi connectivity index (χ4n) is 4.11. The zero-order chi connectivity index (χ0) is 24.0. The average molecular weight is 479 g/mol. The topological polar surface area (TPSA) is 66.9 Å². The number of ether oxygens (including phenoxy) is 1. The van der Waals surface area contributed by atoms with Crippen LogP contribution in [0.4, 0.5) is 5.69 Å². The van der Waals surface area contributed by atoms with E-state index in [2.05, 4.69) is 12.1 Å². The van der Waals surface area contributed by atoms with E-state index in [4.69, 9.17) is 4.74 Å². The maximum absolute atomic E-state index is 13.0. The van der Waals surface area contributed by atoms with Crippen molar-refractivity contribution in [2.45, 2.75) is 24.3 Å². The number of hydrogen-bond donors (Lipinski definition) is 0. The number of para-hydroxylation sites is 1. The van der Waals surface area contributed by atoms with E-state index in [1.165, 1.54) is 23.5 Å². The molecule has 0 radical (unpaired) electrons. The fourth-order valence-corrected chi connectivity index (χ4v) is 5.30. The van der Waals surface area contributed by atoms with Crippen LogP contribution in [0, 0.1) is 5.92 Å². The molecule has 4 rings (SSSR count). The lowest BCUT2D eigenvalue weighted by Crippen LogP contribution is -2.39. The predicted molar refractivity (Wildman–Crippen MR) is 133 cm³/mol. The van der Waals surface area contributed by atoms with Crippen molar-refractivity contribution >= 4 is 21.6 Å². The first-order valence-corrected chi connectivity index (χ1v) is 12.9. The predicted octanol–water partition coefficient (Wildman–Crippen LogP) is 4.58. The Hall–Kier alpha value is -3.16. The van der Waals surface area contributed by atoms with E-state index >= 15 is 0 Å². The summed E-state index contributed by atoms with van der Waals surface area (Å²) in [5.74, 6) is 0.373. The summed E-state index contributed by atoms with van der Waals surface area (Å²) in [6, 6.07) is 25.2. The standard InChI is InChI=1S/C27H30N2O4S/c1-28(25-10-6-3-7-11-25)34(31,32)26-14-12-24(13-15-26)27(30)29-18-16-23(17-19-29)21-33-20-22-8-4-2-5-9-22/h2-15,23H,16-21H2,1H3. The van der Waals surface area contributed by atoms with Gasteiger partial charge in [0, 0.05) is 32.3 Å². The Morgan fingerprint density at radius 3 is 2.12 bits per heavy atom.